The van der Waals surface area contributed by atoms with Gasteiger partial charge in [-0.05, 0) is 18.9 Å². The Balaban J connectivity index is 2.88. The van der Waals surface area contributed by atoms with Gasteiger partial charge in [-0.15, -0.1) is 0 Å². The van der Waals surface area contributed by atoms with Crippen molar-refractivity contribution in [2.45, 2.75) is 26.7 Å². The fourth-order valence-corrected chi connectivity index (χ4v) is 0.625. The lowest BCUT2D eigenvalue weighted by Crippen LogP contribution is -2.17. The standard InChI is InChI=1S/C7H16NO/c1-3-7(2)4-5-8-6-9/h7-8H,3-6H2,1-2H3. The quantitative estimate of drug-likeness (QED) is 0.442. The second kappa shape index (κ2) is 6.05. The summed E-state index contributed by atoms with van der Waals surface area (Å²) in [5, 5.41) is 12.6. The highest BCUT2D eigenvalue weighted by Gasteiger charge is 1.95. The molecule has 0 rings (SSSR count). The fourth-order valence-electron chi connectivity index (χ4n) is 0.625. The van der Waals surface area contributed by atoms with Crippen LogP contribution in [-0.4, -0.2) is 13.3 Å². The van der Waals surface area contributed by atoms with E-state index >= 15 is 0 Å². The van der Waals surface area contributed by atoms with E-state index in [2.05, 4.69) is 19.2 Å². The third-order valence-corrected chi connectivity index (χ3v) is 1.61. The van der Waals surface area contributed by atoms with E-state index in [1.54, 1.807) is 0 Å². The number of hydrogen-bond acceptors (Lipinski definition) is 1. The fraction of sp³-hybridized carbons (Fsp3) is 1.00. The topological polar surface area (TPSA) is 31.9 Å². The Labute approximate surface area is 57.3 Å². The minimum Gasteiger partial charge on any atom is -0.292 e. The Kier molecular flexibility index (Phi) is 5.99. The van der Waals surface area contributed by atoms with Crippen molar-refractivity contribution in [1.82, 2.24) is 5.32 Å². The van der Waals surface area contributed by atoms with E-state index in [9.17, 15) is 5.11 Å². The van der Waals surface area contributed by atoms with Crippen LogP contribution in [0, 0.1) is 5.92 Å². The molecule has 0 saturated heterocycles. The molecule has 0 aromatic heterocycles. The lowest BCUT2D eigenvalue weighted by Gasteiger charge is -2.06. The predicted molar refractivity (Wildman–Crippen MR) is 37.6 cm³/mol. The zero-order valence-corrected chi connectivity index (χ0v) is 6.31. The van der Waals surface area contributed by atoms with Crippen molar-refractivity contribution < 1.29 is 5.11 Å². The van der Waals surface area contributed by atoms with Crippen molar-refractivity contribution in [2.24, 2.45) is 5.92 Å². The predicted octanol–water partition coefficient (Wildman–Crippen LogP) is 1.40. The smallest absolute Gasteiger partial charge is 0.133 e. The average Bonchev–Trinajstić information content (AvgIpc) is 1.89. The van der Waals surface area contributed by atoms with E-state index in [1.807, 2.05) is 0 Å². The summed E-state index contributed by atoms with van der Waals surface area (Å²) in [6, 6.07) is 0. The molecule has 0 aromatic carbocycles. The molecule has 1 radical (unpaired) electrons. The van der Waals surface area contributed by atoms with Crippen molar-refractivity contribution in [3.63, 3.8) is 0 Å². The van der Waals surface area contributed by atoms with Crippen LogP contribution in [0.4, 0.5) is 0 Å². The monoisotopic (exact) mass is 130 g/mol. The Hall–Kier alpha value is -0.0800. The van der Waals surface area contributed by atoms with E-state index in [4.69, 9.17) is 0 Å². The van der Waals surface area contributed by atoms with E-state index in [1.165, 1.54) is 6.42 Å². The van der Waals surface area contributed by atoms with Crippen LogP contribution in [0.1, 0.15) is 26.7 Å². The average molecular weight is 130 g/mol. The highest BCUT2D eigenvalue weighted by molar-refractivity contribution is 4.50. The zero-order valence-electron chi connectivity index (χ0n) is 6.31. The van der Waals surface area contributed by atoms with Gasteiger partial charge in [-0.25, -0.2) is 5.11 Å². The van der Waals surface area contributed by atoms with Crippen molar-refractivity contribution in [1.29, 1.82) is 0 Å². The van der Waals surface area contributed by atoms with Gasteiger partial charge in [0.25, 0.3) is 0 Å². The van der Waals surface area contributed by atoms with E-state index in [0.29, 0.717) is 0 Å². The van der Waals surface area contributed by atoms with Crippen LogP contribution < -0.4 is 5.32 Å². The highest BCUT2D eigenvalue weighted by Crippen LogP contribution is 2.03. The summed E-state index contributed by atoms with van der Waals surface area (Å²) in [4.78, 5) is 0. The molecule has 0 spiro atoms. The van der Waals surface area contributed by atoms with Crippen molar-refractivity contribution in [3.05, 3.63) is 0 Å². The van der Waals surface area contributed by atoms with Crippen molar-refractivity contribution >= 4 is 0 Å². The van der Waals surface area contributed by atoms with Crippen LogP contribution >= 0.6 is 0 Å². The van der Waals surface area contributed by atoms with Crippen molar-refractivity contribution in [3.8, 4) is 0 Å². The second-order valence-electron chi connectivity index (χ2n) is 2.45. The van der Waals surface area contributed by atoms with Gasteiger partial charge in [0.05, 0.1) is 0 Å². The summed E-state index contributed by atoms with van der Waals surface area (Å²) in [5.74, 6) is 0.754. The first kappa shape index (κ1) is 8.92. The molecule has 0 fully saturated rings. The van der Waals surface area contributed by atoms with Crippen LogP contribution in [0.2, 0.25) is 0 Å². The number of nitrogens with one attached hydrogen (secondary N) is 1. The number of hydrogen-bond donors (Lipinski definition) is 1. The van der Waals surface area contributed by atoms with Crippen LogP contribution in [0.5, 0.6) is 0 Å². The molecule has 1 unspecified atom stereocenters. The first-order chi connectivity index (χ1) is 4.31. The molecule has 0 aliphatic carbocycles. The molecular formula is C7H16NO. The lowest BCUT2D eigenvalue weighted by molar-refractivity contribution is 0.166. The molecule has 0 bridgehead atoms. The molecule has 0 aliphatic rings. The maximum absolute atomic E-state index is 9.89. The molecule has 0 heterocycles. The molecule has 1 atom stereocenters. The largest absolute Gasteiger partial charge is 0.292 e. The zero-order chi connectivity index (χ0) is 7.11. The van der Waals surface area contributed by atoms with E-state index in [-0.39, 0.29) is 6.73 Å². The van der Waals surface area contributed by atoms with Crippen molar-refractivity contribution in [2.75, 3.05) is 13.3 Å². The Bertz CT molecular complexity index is 56.9. The molecule has 0 aromatic rings. The summed E-state index contributed by atoms with van der Waals surface area (Å²) in [5.41, 5.74) is 0. The van der Waals surface area contributed by atoms with Gasteiger partial charge in [-0.2, -0.15) is 0 Å². The first-order valence-electron chi connectivity index (χ1n) is 3.60. The molecule has 0 saturated carbocycles. The van der Waals surface area contributed by atoms with Gasteiger partial charge >= 0.3 is 0 Å². The third kappa shape index (κ3) is 5.80. The van der Waals surface area contributed by atoms with Crippen LogP contribution in [0.15, 0.2) is 0 Å². The highest BCUT2D eigenvalue weighted by atomic mass is 16.3. The molecule has 2 nitrogen and oxygen atoms in total. The van der Waals surface area contributed by atoms with Gasteiger partial charge in [0.2, 0.25) is 0 Å². The minimum atomic E-state index is -0.142. The van der Waals surface area contributed by atoms with Gasteiger partial charge in [-0.3, -0.25) is 5.32 Å². The summed E-state index contributed by atoms with van der Waals surface area (Å²) >= 11 is 0. The summed E-state index contributed by atoms with van der Waals surface area (Å²) in [7, 11) is 0. The Morgan fingerprint density at radius 3 is 2.67 bits per heavy atom. The van der Waals surface area contributed by atoms with Gasteiger partial charge < -0.3 is 0 Å². The molecule has 1 N–H and O–H groups in total. The second-order valence-corrected chi connectivity index (χ2v) is 2.45. The maximum atomic E-state index is 9.89. The summed E-state index contributed by atoms with van der Waals surface area (Å²) < 4.78 is 0. The number of rotatable bonds is 5. The maximum Gasteiger partial charge on any atom is 0.133 e. The Morgan fingerprint density at radius 2 is 2.22 bits per heavy atom. The van der Waals surface area contributed by atoms with E-state index in [0.717, 1.165) is 18.9 Å². The van der Waals surface area contributed by atoms with Gasteiger partial charge in [-0.1, -0.05) is 20.3 Å². The van der Waals surface area contributed by atoms with Gasteiger partial charge in [0.1, 0.15) is 6.73 Å². The van der Waals surface area contributed by atoms with Gasteiger partial charge in [0, 0.05) is 0 Å². The van der Waals surface area contributed by atoms with Crippen LogP contribution in [-0.2, 0) is 5.11 Å². The van der Waals surface area contributed by atoms with Crippen LogP contribution in [0.25, 0.3) is 0 Å². The molecule has 9 heavy (non-hydrogen) atoms. The molecule has 2 heteroatoms. The third-order valence-electron chi connectivity index (χ3n) is 1.61. The summed E-state index contributed by atoms with van der Waals surface area (Å²) in [6.07, 6.45) is 2.33. The molecule has 0 amide bonds. The van der Waals surface area contributed by atoms with E-state index < -0.39 is 0 Å². The Morgan fingerprint density at radius 1 is 1.56 bits per heavy atom. The molecular weight excluding hydrogens is 114 g/mol. The molecule has 55 valence electrons. The summed E-state index contributed by atoms with van der Waals surface area (Å²) in [6.45, 7) is 5.10. The minimum absolute atomic E-state index is 0.142. The van der Waals surface area contributed by atoms with Gasteiger partial charge in [0.15, 0.2) is 0 Å². The first-order valence-corrected chi connectivity index (χ1v) is 3.60. The normalized spacial score (nSPS) is 13.7. The van der Waals surface area contributed by atoms with Crippen LogP contribution in [0.3, 0.4) is 0 Å². The molecule has 0 aliphatic heterocycles. The SMILES string of the molecule is CCC(C)CCNC[O]. The lowest BCUT2D eigenvalue weighted by atomic mass is 10.1.